The van der Waals surface area contributed by atoms with Crippen LogP contribution in [0.1, 0.15) is 5.56 Å². The summed E-state index contributed by atoms with van der Waals surface area (Å²) in [7, 11) is 1.85. The third-order valence-corrected chi connectivity index (χ3v) is 3.55. The third kappa shape index (κ3) is 3.24. The number of fused-ring (bicyclic) bond motifs is 1. The minimum absolute atomic E-state index is 0.0900. The molecule has 3 nitrogen and oxygen atoms in total. The Bertz CT molecular complexity index is 765. The van der Waals surface area contributed by atoms with E-state index in [1.807, 2.05) is 60.5 Å². The van der Waals surface area contributed by atoms with Crippen LogP contribution in [0.2, 0.25) is 0 Å². The summed E-state index contributed by atoms with van der Waals surface area (Å²) in [4.78, 5) is 1.88. The SMILES string of the molecule is CN(CCF)c1c(CC=C(C#N)C#N)ccc2ccccc12. The van der Waals surface area contributed by atoms with Gasteiger partial charge in [-0.05, 0) is 17.4 Å². The predicted octanol–water partition coefficient (Wildman–Crippen LogP) is 3.76. The second-order valence-electron chi connectivity index (χ2n) is 4.95. The number of nitriles is 2. The van der Waals surface area contributed by atoms with E-state index >= 15 is 0 Å². The zero-order valence-corrected chi connectivity index (χ0v) is 12.4. The van der Waals surface area contributed by atoms with Crippen LogP contribution in [0.5, 0.6) is 0 Å². The molecule has 110 valence electrons. The van der Waals surface area contributed by atoms with Crippen LogP contribution in [0.15, 0.2) is 48.0 Å². The maximum absolute atomic E-state index is 12.7. The molecule has 0 fully saturated rings. The monoisotopic (exact) mass is 293 g/mol. The smallest absolute Gasteiger partial charge is 0.126 e. The lowest BCUT2D eigenvalue weighted by Crippen LogP contribution is -2.21. The number of hydrogen-bond donors (Lipinski definition) is 0. The first-order valence-electron chi connectivity index (χ1n) is 6.99. The van der Waals surface area contributed by atoms with Crippen molar-refractivity contribution in [3.63, 3.8) is 0 Å². The van der Waals surface area contributed by atoms with Crippen molar-refractivity contribution in [2.45, 2.75) is 6.42 Å². The minimum Gasteiger partial charge on any atom is -0.371 e. The summed E-state index contributed by atoms with van der Waals surface area (Å²) >= 11 is 0. The van der Waals surface area contributed by atoms with E-state index in [1.54, 1.807) is 6.08 Å². The lowest BCUT2D eigenvalue weighted by Gasteiger charge is -2.23. The molecule has 0 heterocycles. The van der Waals surface area contributed by atoms with Crippen LogP contribution < -0.4 is 4.90 Å². The van der Waals surface area contributed by atoms with Gasteiger partial charge in [0.25, 0.3) is 0 Å². The molecule has 0 saturated carbocycles. The van der Waals surface area contributed by atoms with Crippen molar-refractivity contribution in [2.75, 3.05) is 25.2 Å². The highest BCUT2D eigenvalue weighted by atomic mass is 19.1. The highest BCUT2D eigenvalue weighted by Crippen LogP contribution is 2.31. The fraction of sp³-hybridized carbons (Fsp3) is 0.222. The summed E-state index contributed by atoms with van der Waals surface area (Å²) < 4.78 is 12.7. The average Bonchev–Trinajstić information content (AvgIpc) is 2.55. The van der Waals surface area contributed by atoms with Crippen LogP contribution in [0.3, 0.4) is 0 Å². The van der Waals surface area contributed by atoms with Crippen molar-refractivity contribution in [1.29, 1.82) is 10.5 Å². The first-order valence-corrected chi connectivity index (χ1v) is 6.99. The molecule has 2 aromatic carbocycles. The highest BCUT2D eigenvalue weighted by Gasteiger charge is 2.11. The van der Waals surface area contributed by atoms with Crippen molar-refractivity contribution in [3.05, 3.63) is 53.6 Å². The number of benzene rings is 2. The number of alkyl halides is 1. The number of hydrogen-bond acceptors (Lipinski definition) is 3. The molecule has 0 aliphatic heterocycles. The van der Waals surface area contributed by atoms with Crippen molar-refractivity contribution in [3.8, 4) is 12.1 Å². The molecule has 0 aromatic heterocycles. The normalized spacial score (nSPS) is 9.82. The van der Waals surface area contributed by atoms with E-state index in [1.165, 1.54) is 0 Å². The molecule has 2 aromatic rings. The van der Waals surface area contributed by atoms with Gasteiger partial charge < -0.3 is 4.90 Å². The molecule has 0 radical (unpaired) electrons. The van der Waals surface area contributed by atoms with E-state index < -0.39 is 6.67 Å². The quantitative estimate of drug-likeness (QED) is 0.789. The average molecular weight is 293 g/mol. The highest BCUT2D eigenvalue weighted by molar-refractivity contribution is 5.96. The first-order chi connectivity index (χ1) is 10.7. The summed E-state index contributed by atoms with van der Waals surface area (Å²) in [5.74, 6) is 0. The number of anilines is 1. The Morgan fingerprint density at radius 2 is 1.91 bits per heavy atom. The van der Waals surface area contributed by atoms with Gasteiger partial charge in [-0.25, -0.2) is 4.39 Å². The van der Waals surface area contributed by atoms with Gasteiger partial charge in [-0.3, -0.25) is 0 Å². The van der Waals surface area contributed by atoms with Crippen molar-refractivity contribution < 1.29 is 4.39 Å². The number of allylic oxidation sites excluding steroid dienone is 2. The molecule has 0 atom stereocenters. The van der Waals surface area contributed by atoms with Crippen LogP contribution in [0, 0.1) is 22.7 Å². The Balaban J connectivity index is 2.54. The Morgan fingerprint density at radius 3 is 2.59 bits per heavy atom. The molecule has 0 aliphatic carbocycles. The molecule has 0 unspecified atom stereocenters. The van der Waals surface area contributed by atoms with E-state index in [9.17, 15) is 4.39 Å². The fourth-order valence-electron chi connectivity index (χ4n) is 2.48. The molecule has 0 bridgehead atoms. The van der Waals surface area contributed by atoms with Gasteiger partial charge in [-0.1, -0.05) is 42.5 Å². The van der Waals surface area contributed by atoms with E-state index in [0.29, 0.717) is 13.0 Å². The van der Waals surface area contributed by atoms with Crippen LogP contribution >= 0.6 is 0 Å². The molecular formula is C18H16FN3. The molecule has 4 heteroatoms. The molecule has 2 rings (SSSR count). The largest absolute Gasteiger partial charge is 0.371 e. The molecule has 0 amide bonds. The Morgan fingerprint density at radius 1 is 1.18 bits per heavy atom. The van der Waals surface area contributed by atoms with Gasteiger partial charge in [0.2, 0.25) is 0 Å². The van der Waals surface area contributed by atoms with Crippen molar-refractivity contribution >= 4 is 16.5 Å². The van der Waals surface area contributed by atoms with E-state index in [-0.39, 0.29) is 5.57 Å². The van der Waals surface area contributed by atoms with Gasteiger partial charge in [0.15, 0.2) is 0 Å². The maximum atomic E-state index is 12.7. The van der Waals surface area contributed by atoms with E-state index in [0.717, 1.165) is 22.0 Å². The van der Waals surface area contributed by atoms with E-state index in [2.05, 4.69) is 0 Å². The summed E-state index contributed by atoms with van der Waals surface area (Å²) in [5, 5.41) is 19.8. The summed E-state index contributed by atoms with van der Waals surface area (Å²) in [6.07, 6.45) is 2.07. The molecule has 22 heavy (non-hydrogen) atoms. The number of nitrogens with zero attached hydrogens (tertiary/aromatic N) is 3. The third-order valence-electron chi connectivity index (χ3n) is 3.55. The van der Waals surface area contributed by atoms with Gasteiger partial charge in [0.1, 0.15) is 24.4 Å². The zero-order valence-electron chi connectivity index (χ0n) is 12.4. The Hall–Kier alpha value is -2.85. The van der Waals surface area contributed by atoms with Crippen LogP contribution in [-0.2, 0) is 6.42 Å². The topological polar surface area (TPSA) is 50.8 Å². The maximum Gasteiger partial charge on any atom is 0.126 e. The molecule has 0 spiro atoms. The lowest BCUT2D eigenvalue weighted by atomic mass is 10.00. The molecule has 0 saturated heterocycles. The summed E-state index contributed by atoms with van der Waals surface area (Å²) in [6.45, 7) is -0.134. The summed E-state index contributed by atoms with van der Waals surface area (Å²) in [5.41, 5.74) is 2.01. The van der Waals surface area contributed by atoms with Gasteiger partial charge in [-0.15, -0.1) is 0 Å². The van der Waals surface area contributed by atoms with Crippen molar-refractivity contribution in [2.24, 2.45) is 0 Å². The number of halogens is 1. The van der Waals surface area contributed by atoms with Gasteiger partial charge in [-0.2, -0.15) is 10.5 Å². The van der Waals surface area contributed by atoms with Crippen molar-refractivity contribution in [1.82, 2.24) is 0 Å². The second-order valence-corrected chi connectivity index (χ2v) is 4.95. The second kappa shape index (κ2) is 7.24. The first kappa shape index (κ1) is 15.5. The minimum atomic E-state index is -0.434. The Labute approximate surface area is 129 Å². The van der Waals surface area contributed by atoms with Crippen LogP contribution in [0.4, 0.5) is 10.1 Å². The predicted molar refractivity (Wildman–Crippen MR) is 86.2 cm³/mol. The van der Waals surface area contributed by atoms with E-state index in [4.69, 9.17) is 10.5 Å². The molecule has 0 aliphatic rings. The summed E-state index contributed by atoms with van der Waals surface area (Å²) in [6, 6.07) is 15.6. The van der Waals surface area contributed by atoms with Crippen LogP contribution in [-0.4, -0.2) is 20.3 Å². The van der Waals surface area contributed by atoms with Gasteiger partial charge >= 0.3 is 0 Å². The Kier molecular flexibility index (Phi) is 5.11. The number of rotatable bonds is 5. The zero-order chi connectivity index (χ0) is 15.9. The standard InChI is InChI=1S/C18H16FN3/c1-22(11-10-19)18-16(7-6-14(12-20)13-21)9-8-15-4-2-3-5-17(15)18/h2-6,8-9H,7,10-11H2,1H3. The van der Waals surface area contributed by atoms with Crippen LogP contribution in [0.25, 0.3) is 10.8 Å². The van der Waals surface area contributed by atoms with Gasteiger partial charge in [0.05, 0.1) is 0 Å². The fourth-order valence-corrected chi connectivity index (χ4v) is 2.48. The van der Waals surface area contributed by atoms with Gasteiger partial charge in [0, 0.05) is 24.7 Å². The molecule has 0 N–H and O–H groups in total. The lowest BCUT2D eigenvalue weighted by molar-refractivity contribution is 0.497. The molecular weight excluding hydrogens is 277 g/mol.